The molecule has 128 valence electrons. The summed E-state index contributed by atoms with van der Waals surface area (Å²) in [6.07, 6.45) is 2.61. The van der Waals surface area contributed by atoms with E-state index in [1.165, 1.54) is 4.70 Å². The van der Waals surface area contributed by atoms with Crippen molar-refractivity contribution < 1.29 is 9.59 Å². The maximum Gasteiger partial charge on any atom is 0.253 e. The van der Waals surface area contributed by atoms with Gasteiger partial charge in [-0.05, 0) is 61.2 Å². The Balaban J connectivity index is 1.75. The standard InChI is InChI=1S/C19H24N2O2S/c1-3-9-20-18(23)19(2)8-4-10-21(13-19)17(22)15-5-6-16-14(12-15)7-11-24-16/h5-7,11-12H,3-4,8-10,13H2,1-2H3,(H,20,23). The Morgan fingerprint density at radius 2 is 2.17 bits per heavy atom. The predicted molar refractivity (Wildman–Crippen MR) is 98.4 cm³/mol. The lowest BCUT2D eigenvalue weighted by Crippen LogP contribution is -2.52. The number of rotatable bonds is 4. The van der Waals surface area contributed by atoms with Crippen LogP contribution in [0.3, 0.4) is 0 Å². The fourth-order valence-electron chi connectivity index (χ4n) is 3.33. The van der Waals surface area contributed by atoms with Crippen molar-refractivity contribution in [3.8, 4) is 0 Å². The highest BCUT2D eigenvalue weighted by atomic mass is 32.1. The minimum absolute atomic E-state index is 0.0253. The molecule has 1 fully saturated rings. The van der Waals surface area contributed by atoms with Gasteiger partial charge in [0.05, 0.1) is 5.41 Å². The molecule has 4 nitrogen and oxygen atoms in total. The first-order valence-electron chi connectivity index (χ1n) is 8.58. The van der Waals surface area contributed by atoms with Gasteiger partial charge in [0.2, 0.25) is 5.91 Å². The van der Waals surface area contributed by atoms with Crippen LogP contribution in [0.15, 0.2) is 29.6 Å². The Kier molecular flexibility index (Phi) is 4.90. The van der Waals surface area contributed by atoms with Crippen molar-refractivity contribution >= 4 is 33.2 Å². The van der Waals surface area contributed by atoms with E-state index in [4.69, 9.17) is 0 Å². The van der Waals surface area contributed by atoms with E-state index in [0.29, 0.717) is 18.7 Å². The van der Waals surface area contributed by atoms with Crippen LogP contribution in [-0.2, 0) is 4.79 Å². The number of benzene rings is 1. The average Bonchev–Trinajstić information content (AvgIpc) is 3.06. The van der Waals surface area contributed by atoms with Crippen molar-refractivity contribution in [1.82, 2.24) is 10.2 Å². The summed E-state index contributed by atoms with van der Waals surface area (Å²) in [5, 5.41) is 6.13. The first kappa shape index (κ1) is 17.0. The van der Waals surface area contributed by atoms with Crippen molar-refractivity contribution in [2.75, 3.05) is 19.6 Å². The van der Waals surface area contributed by atoms with Gasteiger partial charge in [0.15, 0.2) is 0 Å². The summed E-state index contributed by atoms with van der Waals surface area (Å²) in [4.78, 5) is 27.2. The van der Waals surface area contributed by atoms with Crippen LogP contribution in [0.25, 0.3) is 10.1 Å². The third-order valence-electron chi connectivity index (χ3n) is 4.77. The second-order valence-corrected chi connectivity index (χ2v) is 7.77. The Morgan fingerprint density at radius 1 is 1.33 bits per heavy atom. The Bertz CT molecular complexity index is 755. The number of thiophene rings is 1. The topological polar surface area (TPSA) is 49.4 Å². The second kappa shape index (κ2) is 6.93. The van der Waals surface area contributed by atoms with E-state index in [1.807, 2.05) is 48.4 Å². The molecular weight excluding hydrogens is 320 g/mol. The molecule has 2 heterocycles. The summed E-state index contributed by atoms with van der Waals surface area (Å²) >= 11 is 1.68. The lowest BCUT2D eigenvalue weighted by atomic mass is 9.80. The van der Waals surface area contributed by atoms with Crippen LogP contribution in [-0.4, -0.2) is 36.3 Å². The minimum Gasteiger partial charge on any atom is -0.356 e. The van der Waals surface area contributed by atoms with E-state index < -0.39 is 5.41 Å². The molecule has 1 N–H and O–H groups in total. The molecule has 0 saturated carbocycles. The fourth-order valence-corrected chi connectivity index (χ4v) is 4.10. The second-order valence-electron chi connectivity index (χ2n) is 6.82. The summed E-state index contributed by atoms with van der Waals surface area (Å²) in [5.41, 5.74) is 0.217. The summed E-state index contributed by atoms with van der Waals surface area (Å²) in [5.74, 6) is 0.0902. The number of piperidine rings is 1. The van der Waals surface area contributed by atoms with Gasteiger partial charge in [-0.1, -0.05) is 6.92 Å². The molecule has 5 heteroatoms. The van der Waals surface area contributed by atoms with Gasteiger partial charge in [-0.25, -0.2) is 0 Å². The van der Waals surface area contributed by atoms with E-state index in [2.05, 4.69) is 5.32 Å². The van der Waals surface area contributed by atoms with E-state index in [-0.39, 0.29) is 11.8 Å². The van der Waals surface area contributed by atoms with Gasteiger partial charge in [0.1, 0.15) is 0 Å². The average molecular weight is 344 g/mol. The molecule has 1 aliphatic rings. The molecule has 1 saturated heterocycles. The first-order valence-corrected chi connectivity index (χ1v) is 9.46. The van der Waals surface area contributed by atoms with Gasteiger partial charge in [-0.3, -0.25) is 9.59 Å². The van der Waals surface area contributed by atoms with Crippen molar-refractivity contribution in [1.29, 1.82) is 0 Å². The molecule has 1 atom stereocenters. The van der Waals surface area contributed by atoms with Crippen molar-refractivity contribution in [2.45, 2.75) is 33.1 Å². The first-order chi connectivity index (χ1) is 11.5. The van der Waals surface area contributed by atoms with Crippen molar-refractivity contribution in [3.63, 3.8) is 0 Å². The molecule has 2 aromatic rings. The summed E-state index contributed by atoms with van der Waals surface area (Å²) in [6.45, 7) is 5.91. The highest BCUT2D eigenvalue weighted by molar-refractivity contribution is 7.17. The number of amides is 2. The van der Waals surface area contributed by atoms with Gasteiger partial charge < -0.3 is 10.2 Å². The molecule has 24 heavy (non-hydrogen) atoms. The monoisotopic (exact) mass is 344 g/mol. The number of fused-ring (bicyclic) bond motifs is 1. The summed E-state index contributed by atoms with van der Waals surface area (Å²) in [6, 6.07) is 7.89. The maximum atomic E-state index is 12.9. The smallest absolute Gasteiger partial charge is 0.253 e. The molecule has 1 aliphatic heterocycles. The van der Waals surface area contributed by atoms with Gasteiger partial charge in [0.25, 0.3) is 5.91 Å². The largest absolute Gasteiger partial charge is 0.356 e. The summed E-state index contributed by atoms with van der Waals surface area (Å²) < 4.78 is 1.19. The Hall–Kier alpha value is -1.88. The highest BCUT2D eigenvalue weighted by Crippen LogP contribution is 2.31. The molecule has 3 rings (SSSR count). The van der Waals surface area contributed by atoms with Crippen LogP contribution in [0.2, 0.25) is 0 Å². The lowest BCUT2D eigenvalue weighted by molar-refractivity contribution is -0.132. The Morgan fingerprint density at radius 3 is 2.96 bits per heavy atom. The zero-order valence-corrected chi connectivity index (χ0v) is 15.1. The van der Waals surface area contributed by atoms with Crippen LogP contribution >= 0.6 is 11.3 Å². The van der Waals surface area contributed by atoms with Crippen molar-refractivity contribution in [2.24, 2.45) is 5.41 Å². The van der Waals surface area contributed by atoms with E-state index in [0.717, 1.165) is 31.2 Å². The minimum atomic E-state index is -0.491. The Labute approximate surface area is 146 Å². The molecule has 1 aromatic heterocycles. The molecule has 2 amide bonds. The van der Waals surface area contributed by atoms with E-state index in [1.54, 1.807) is 11.3 Å². The number of nitrogens with one attached hydrogen (secondary N) is 1. The van der Waals surface area contributed by atoms with Crippen LogP contribution < -0.4 is 5.32 Å². The molecule has 1 aromatic carbocycles. The molecule has 0 bridgehead atoms. The van der Waals surface area contributed by atoms with Gasteiger partial charge in [-0.15, -0.1) is 11.3 Å². The number of nitrogens with zero attached hydrogens (tertiary/aromatic N) is 1. The molecule has 0 aliphatic carbocycles. The van der Waals surface area contributed by atoms with Crippen LogP contribution in [0, 0.1) is 5.41 Å². The number of likely N-dealkylation sites (tertiary alicyclic amines) is 1. The summed E-state index contributed by atoms with van der Waals surface area (Å²) in [7, 11) is 0. The van der Waals surface area contributed by atoms with Crippen LogP contribution in [0.5, 0.6) is 0 Å². The van der Waals surface area contributed by atoms with Gasteiger partial charge >= 0.3 is 0 Å². The lowest BCUT2D eigenvalue weighted by Gasteiger charge is -2.39. The highest BCUT2D eigenvalue weighted by Gasteiger charge is 2.39. The van der Waals surface area contributed by atoms with E-state index in [9.17, 15) is 9.59 Å². The zero-order valence-electron chi connectivity index (χ0n) is 14.3. The quantitative estimate of drug-likeness (QED) is 0.920. The number of hydrogen-bond acceptors (Lipinski definition) is 3. The molecule has 0 spiro atoms. The normalized spacial score (nSPS) is 21.0. The van der Waals surface area contributed by atoms with Gasteiger partial charge in [-0.2, -0.15) is 0 Å². The zero-order chi connectivity index (χ0) is 17.2. The van der Waals surface area contributed by atoms with Crippen molar-refractivity contribution in [3.05, 3.63) is 35.2 Å². The van der Waals surface area contributed by atoms with E-state index >= 15 is 0 Å². The predicted octanol–water partition coefficient (Wildman–Crippen LogP) is 3.67. The number of hydrogen-bond donors (Lipinski definition) is 1. The third kappa shape index (κ3) is 3.31. The van der Waals surface area contributed by atoms with Gasteiger partial charge in [0, 0.05) is 29.9 Å². The fraction of sp³-hybridized carbons (Fsp3) is 0.474. The van der Waals surface area contributed by atoms with Crippen LogP contribution in [0.1, 0.15) is 43.5 Å². The number of carbonyl (C=O) groups is 2. The SMILES string of the molecule is CCCNC(=O)C1(C)CCCN(C(=O)c2ccc3sccc3c2)C1. The molecule has 0 radical (unpaired) electrons. The number of carbonyl (C=O) groups excluding carboxylic acids is 2. The molecule has 1 unspecified atom stereocenters. The molecular formula is C19H24N2O2S. The maximum absolute atomic E-state index is 12.9. The third-order valence-corrected chi connectivity index (χ3v) is 5.66. The van der Waals surface area contributed by atoms with Crippen LogP contribution in [0.4, 0.5) is 0 Å².